The summed E-state index contributed by atoms with van der Waals surface area (Å²) in [5.74, 6) is -1.53. The van der Waals surface area contributed by atoms with E-state index in [1.807, 2.05) is 0 Å². The predicted octanol–water partition coefficient (Wildman–Crippen LogP) is 0.371. The molecule has 76 valence electrons. The fourth-order valence-electron chi connectivity index (χ4n) is 1.41. The highest BCUT2D eigenvalue weighted by molar-refractivity contribution is 6.19. The molecule has 0 unspecified atom stereocenters. The van der Waals surface area contributed by atoms with Gasteiger partial charge in [0, 0.05) is 19.0 Å². The number of pyridine rings is 1. The first-order chi connectivity index (χ1) is 7.20. The smallest absolute Gasteiger partial charge is 0.274 e. The van der Waals surface area contributed by atoms with Gasteiger partial charge in [0.25, 0.3) is 5.91 Å². The van der Waals surface area contributed by atoms with Gasteiger partial charge in [0.2, 0.25) is 11.8 Å². The van der Waals surface area contributed by atoms with Crippen LogP contribution in [0.15, 0.2) is 24.4 Å². The summed E-state index contributed by atoms with van der Waals surface area (Å²) in [5, 5.41) is 0. The van der Waals surface area contributed by atoms with E-state index in [9.17, 15) is 14.4 Å². The van der Waals surface area contributed by atoms with Crippen molar-refractivity contribution >= 4 is 17.7 Å². The Hall–Kier alpha value is -2.04. The Labute approximate surface area is 85.7 Å². The molecule has 1 aliphatic heterocycles. The van der Waals surface area contributed by atoms with E-state index >= 15 is 0 Å². The number of imide groups is 3. The number of carbonyl (C=O) groups is 3. The largest absolute Gasteiger partial charge is 0.285 e. The lowest BCUT2D eigenvalue weighted by Crippen LogP contribution is -2.35. The van der Waals surface area contributed by atoms with Crippen LogP contribution in [0.25, 0.3) is 0 Å². The molecule has 1 aromatic rings. The molecule has 5 heteroatoms. The topological polar surface area (TPSA) is 67.3 Å². The van der Waals surface area contributed by atoms with Crippen molar-refractivity contribution in [2.24, 2.45) is 0 Å². The maximum Gasteiger partial charge on any atom is 0.285 e. The summed E-state index contributed by atoms with van der Waals surface area (Å²) in [5.41, 5.74) is 0.112. The van der Waals surface area contributed by atoms with Crippen molar-refractivity contribution in [3.63, 3.8) is 0 Å². The number of aromatic nitrogens is 1. The summed E-state index contributed by atoms with van der Waals surface area (Å²) >= 11 is 0. The fourth-order valence-corrected chi connectivity index (χ4v) is 1.41. The van der Waals surface area contributed by atoms with Crippen molar-refractivity contribution in [1.29, 1.82) is 0 Å². The minimum atomic E-state index is -0.636. The Kier molecular flexibility index (Phi) is 2.29. The molecule has 15 heavy (non-hydrogen) atoms. The Morgan fingerprint density at radius 2 is 1.87 bits per heavy atom. The van der Waals surface area contributed by atoms with Crippen molar-refractivity contribution in [2.75, 3.05) is 0 Å². The van der Waals surface area contributed by atoms with E-state index in [2.05, 4.69) is 4.98 Å². The summed E-state index contributed by atoms with van der Waals surface area (Å²) in [6.07, 6.45) is 1.66. The van der Waals surface area contributed by atoms with Gasteiger partial charge in [-0.3, -0.25) is 19.4 Å². The van der Waals surface area contributed by atoms with Gasteiger partial charge >= 0.3 is 0 Å². The van der Waals surface area contributed by atoms with Gasteiger partial charge in [-0.1, -0.05) is 6.07 Å². The molecule has 0 aromatic carbocycles. The summed E-state index contributed by atoms with van der Waals surface area (Å²) in [6.45, 7) is 0. The molecular formula is C10H8N2O3. The van der Waals surface area contributed by atoms with Gasteiger partial charge in [-0.2, -0.15) is 0 Å². The zero-order valence-electron chi connectivity index (χ0n) is 7.84. The number of rotatable bonds is 1. The van der Waals surface area contributed by atoms with Crippen molar-refractivity contribution in [3.8, 4) is 0 Å². The van der Waals surface area contributed by atoms with Crippen LogP contribution in [0.4, 0.5) is 0 Å². The van der Waals surface area contributed by atoms with Crippen molar-refractivity contribution in [3.05, 3.63) is 30.1 Å². The molecule has 1 aromatic heterocycles. The summed E-state index contributed by atoms with van der Waals surface area (Å²) in [4.78, 5) is 38.7. The third-order valence-corrected chi connectivity index (χ3v) is 2.14. The monoisotopic (exact) mass is 204 g/mol. The van der Waals surface area contributed by atoms with Crippen LogP contribution >= 0.6 is 0 Å². The van der Waals surface area contributed by atoms with Crippen molar-refractivity contribution in [2.45, 2.75) is 12.8 Å². The fraction of sp³-hybridized carbons (Fsp3) is 0.200. The second kappa shape index (κ2) is 3.61. The summed E-state index contributed by atoms with van der Waals surface area (Å²) in [6, 6.07) is 4.76. The first-order valence-corrected chi connectivity index (χ1v) is 4.51. The summed E-state index contributed by atoms with van der Waals surface area (Å²) < 4.78 is 0. The number of hydrogen-bond acceptors (Lipinski definition) is 4. The molecule has 0 bridgehead atoms. The van der Waals surface area contributed by atoms with E-state index in [1.54, 1.807) is 12.1 Å². The van der Waals surface area contributed by atoms with E-state index in [4.69, 9.17) is 0 Å². The van der Waals surface area contributed by atoms with E-state index in [1.165, 1.54) is 12.3 Å². The zero-order valence-corrected chi connectivity index (χ0v) is 7.84. The van der Waals surface area contributed by atoms with Crippen LogP contribution in [0.3, 0.4) is 0 Å². The zero-order chi connectivity index (χ0) is 10.8. The van der Waals surface area contributed by atoms with Crippen LogP contribution in [0.5, 0.6) is 0 Å². The highest BCUT2D eigenvalue weighted by Crippen LogP contribution is 2.14. The minimum Gasteiger partial charge on any atom is -0.274 e. The Balaban J connectivity index is 2.29. The normalized spacial score (nSPS) is 15.9. The third-order valence-electron chi connectivity index (χ3n) is 2.14. The molecule has 0 atom stereocenters. The van der Waals surface area contributed by atoms with Gasteiger partial charge in [0.15, 0.2) is 0 Å². The molecule has 1 fully saturated rings. The number of nitrogens with zero attached hydrogens (tertiary/aromatic N) is 2. The molecule has 1 aliphatic rings. The molecule has 1 saturated heterocycles. The van der Waals surface area contributed by atoms with Gasteiger partial charge in [-0.05, 0) is 12.1 Å². The molecule has 0 aliphatic carbocycles. The maximum atomic E-state index is 11.7. The highest BCUT2D eigenvalue weighted by atomic mass is 16.2. The molecular weight excluding hydrogens is 196 g/mol. The lowest BCUT2D eigenvalue weighted by molar-refractivity contribution is -0.135. The molecule has 2 rings (SSSR count). The lowest BCUT2D eigenvalue weighted by atomic mass is 10.3. The first kappa shape index (κ1) is 9.51. The quantitative estimate of drug-likeness (QED) is 0.620. The number of likely N-dealkylation sites (tertiary alicyclic amines) is 1. The second-order valence-electron chi connectivity index (χ2n) is 3.14. The van der Waals surface area contributed by atoms with E-state index in [-0.39, 0.29) is 18.5 Å². The molecule has 0 spiro atoms. The van der Waals surface area contributed by atoms with Gasteiger partial charge in [0.1, 0.15) is 5.69 Å². The molecule has 3 amide bonds. The second-order valence-corrected chi connectivity index (χ2v) is 3.14. The average molecular weight is 204 g/mol. The predicted molar refractivity (Wildman–Crippen MR) is 49.7 cm³/mol. The van der Waals surface area contributed by atoms with Crippen molar-refractivity contribution in [1.82, 2.24) is 9.88 Å². The van der Waals surface area contributed by atoms with Crippen LogP contribution in [0.2, 0.25) is 0 Å². The average Bonchev–Trinajstić information content (AvgIpc) is 2.59. The molecule has 0 saturated carbocycles. The minimum absolute atomic E-state index is 0.109. The molecule has 2 heterocycles. The van der Waals surface area contributed by atoms with Gasteiger partial charge in [0.05, 0.1) is 0 Å². The highest BCUT2D eigenvalue weighted by Gasteiger charge is 2.35. The molecule has 5 nitrogen and oxygen atoms in total. The van der Waals surface area contributed by atoms with Crippen LogP contribution < -0.4 is 0 Å². The van der Waals surface area contributed by atoms with Gasteiger partial charge < -0.3 is 0 Å². The number of carbonyl (C=O) groups excluding carboxylic acids is 3. The number of hydrogen-bond donors (Lipinski definition) is 0. The van der Waals surface area contributed by atoms with Crippen LogP contribution in [0, 0.1) is 0 Å². The Bertz CT molecular complexity index is 412. The molecule has 0 N–H and O–H groups in total. The summed E-state index contributed by atoms with van der Waals surface area (Å²) in [7, 11) is 0. The van der Waals surface area contributed by atoms with E-state index in [0.717, 1.165) is 0 Å². The third kappa shape index (κ3) is 1.63. The SMILES string of the molecule is O=C1CCC(=O)N1C(=O)c1ccccn1. The molecule has 0 radical (unpaired) electrons. The first-order valence-electron chi connectivity index (χ1n) is 4.51. The maximum absolute atomic E-state index is 11.7. The van der Waals surface area contributed by atoms with Crippen LogP contribution in [0.1, 0.15) is 23.3 Å². The Morgan fingerprint density at radius 3 is 2.40 bits per heavy atom. The Morgan fingerprint density at radius 1 is 1.20 bits per heavy atom. The van der Waals surface area contributed by atoms with Gasteiger partial charge in [-0.25, -0.2) is 4.90 Å². The van der Waals surface area contributed by atoms with Gasteiger partial charge in [-0.15, -0.1) is 0 Å². The van der Waals surface area contributed by atoms with E-state index < -0.39 is 17.7 Å². The number of amides is 3. The standard InChI is InChI=1S/C10H8N2O3/c13-8-4-5-9(14)12(8)10(15)7-3-1-2-6-11-7/h1-3,6H,4-5H2. The lowest BCUT2D eigenvalue weighted by Gasteiger charge is -2.10. The van der Waals surface area contributed by atoms with Crippen LogP contribution in [-0.4, -0.2) is 27.6 Å². The van der Waals surface area contributed by atoms with E-state index in [0.29, 0.717) is 4.90 Å². The van der Waals surface area contributed by atoms with Crippen molar-refractivity contribution < 1.29 is 14.4 Å². The van der Waals surface area contributed by atoms with Crippen LogP contribution in [-0.2, 0) is 9.59 Å².